The van der Waals surface area contributed by atoms with Crippen LogP contribution in [-0.4, -0.2) is 79.6 Å². The Morgan fingerprint density at radius 3 is 2.78 bits per heavy atom. The standard InChI is InChI=1S/C20H32N4OS2/c1-2-21-19(22-9-15-27-18-6-4-3-5-7-18)23-16-20(8-14-26-17-20)24-10-12-25-13-11-24/h3-7H,2,8-17H2,1H3,(H2,21,22,23). The maximum Gasteiger partial charge on any atom is 0.191 e. The van der Waals surface area contributed by atoms with Crippen molar-refractivity contribution in [3.05, 3.63) is 30.3 Å². The number of nitrogens with zero attached hydrogens (tertiary/aromatic N) is 2. The Balaban J connectivity index is 1.52. The molecule has 150 valence electrons. The number of aliphatic imine (C=N–C) groups is 1. The summed E-state index contributed by atoms with van der Waals surface area (Å²) < 4.78 is 5.56. The van der Waals surface area contributed by atoms with Crippen LogP contribution in [0, 0.1) is 0 Å². The fraction of sp³-hybridized carbons (Fsp3) is 0.650. The van der Waals surface area contributed by atoms with Crippen molar-refractivity contribution in [2.45, 2.75) is 23.8 Å². The number of guanidine groups is 1. The Labute approximate surface area is 172 Å². The van der Waals surface area contributed by atoms with Gasteiger partial charge in [0, 0.05) is 42.6 Å². The van der Waals surface area contributed by atoms with Crippen LogP contribution in [0.15, 0.2) is 40.2 Å². The number of benzene rings is 1. The maximum absolute atomic E-state index is 5.56. The van der Waals surface area contributed by atoms with Gasteiger partial charge in [0.1, 0.15) is 0 Å². The normalized spacial score (nSPS) is 24.1. The summed E-state index contributed by atoms with van der Waals surface area (Å²) >= 11 is 3.94. The zero-order valence-corrected chi connectivity index (χ0v) is 17.9. The van der Waals surface area contributed by atoms with Crippen molar-refractivity contribution >= 4 is 29.5 Å². The van der Waals surface area contributed by atoms with Crippen molar-refractivity contribution < 1.29 is 4.74 Å². The van der Waals surface area contributed by atoms with Crippen molar-refractivity contribution in [1.82, 2.24) is 15.5 Å². The van der Waals surface area contributed by atoms with E-state index in [9.17, 15) is 0 Å². The first-order valence-electron chi connectivity index (χ1n) is 9.93. The Kier molecular flexibility index (Phi) is 8.64. The lowest BCUT2D eigenvalue weighted by Crippen LogP contribution is -2.56. The summed E-state index contributed by atoms with van der Waals surface area (Å²) in [5, 5.41) is 6.91. The van der Waals surface area contributed by atoms with E-state index in [0.717, 1.165) is 57.6 Å². The lowest BCUT2D eigenvalue weighted by molar-refractivity contribution is -0.0104. The van der Waals surface area contributed by atoms with Crippen molar-refractivity contribution in [3.63, 3.8) is 0 Å². The fourth-order valence-electron chi connectivity index (χ4n) is 3.53. The van der Waals surface area contributed by atoms with Crippen molar-refractivity contribution in [1.29, 1.82) is 0 Å². The molecule has 2 aliphatic heterocycles. The van der Waals surface area contributed by atoms with E-state index in [1.54, 1.807) is 0 Å². The second-order valence-corrected chi connectivity index (χ2v) is 9.18. The van der Waals surface area contributed by atoms with Crippen LogP contribution >= 0.6 is 23.5 Å². The highest BCUT2D eigenvalue weighted by Crippen LogP contribution is 2.34. The van der Waals surface area contributed by atoms with E-state index in [1.807, 2.05) is 11.8 Å². The molecular formula is C20H32N4OS2. The van der Waals surface area contributed by atoms with Gasteiger partial charge in [-0.15, -0.1) is 11.8 Å². The molecule has 1 aromatic rings. The van der Waals surface area contributed by atoms with Crippen LogP contribution in [0.25, 0.3) is 0 Å². The number of hydrogen-bond acceptors (Lipinski definition) is 5. The average molecular weight is 409 g/mol. The number of rotatable bonds is 8. The predicted molar refractivity (Wildman–Crippen MR) is 118 cm³/mol. The molecule has 2 aliphatic rings. The van der Waals surface area contributed by atoms with Crippen molar-refractivity contribution in [2.24, 2.45) is 4.99 Å². The molecule has 1 atom stereocenters. The molecule has 0 saturated carbocycles. The molecular weight excluding hydrogens is 376 g/mol. The number of hydrogen-bond donors (Lipinski definition) is 2. The summed E-state index contributed by atoms with van der Waals surface area (Å²) in [4.78, 5) is 8.91. The monoisotopic (exact) mass is 408 g/mol. The van der Waals surface area contributed by atoms with Gasteiger partial charge in [-0.25, -0.2) is 0 Å². The molecule has 0 radical (unpaired) electrons. The van der Waals surface area contributed by atoms with Gasteiger partial charge in [0.2, 0.25) is 0 Å². The van der Waals surface area contributed by atoms with Crippen LogP contribution in [-0.2, 0) is 4.74 Å². The molecule has 0 aliphatic carbocycles. The van der Waals surface area contributed by atoms with E-state index in [4.69, 9.17) is 9.73 Å². The minimum Gasteiger partial charge on any atom is -0.379 e. The van der Waals surface area contributed by atoms with Crippen LogP contribution in [0.4, 0.5) is 0 Å². The first-order chi connectivity index (χ1) is 13.3. The highest BCUT2D eigenvalue weighted by molar-refractivity contribution is 7.99. The van der Waals surface area contributed by atoms with Crippen molar-refractivity contribution in [3.8, 4) is 0 Å². The summed E-state index contributed by atoms with van der Waals surface area (Å²) in [5.41, 5.74) is 0.204. The van der Waals surface area contributed by atoms with Crippen LogP contribution in [0.1, 0.15) is 13.3 Å². The molecule has 0 spiro atoms. The van der Waals surface area contributed by atoms with Crippen LogP contribution in [0.3, 0.4) is 0 Å². The summed E-state index contributed by atoms with van der Waals surface area (Å²) in [6, 6.07) is 10.6. The van der Waals surface area contributed by atoms with Gasteiger partial charge in [0.05, 0.1) is 25.3 Å². The largest absolute Gasteiger partial charge is 0.379 e. The molecule has 1 aromatic carbocycles. The highest BCUT2D eigenvalue weighted by Gasteiger charge is 2.40. The molecule has 2 heterocycles. The van der Waals surface area contributed by atoms with Gasteiger partial charge in [-0.05, 0) is 31.2 Å². The lowest BCUT2D eigenvalue weighted by Gasteiger charge is -2.42. The van der Waals surface area contributed by atoms with Crippen LogP contribution in [0.5, 0.6) is 0 Å². The molecule has 2 N–H and O–H groups in total. The van der Waals surface area contributed by atoms with E-state index in [0.29, 0.717) is 0 Å². The molecule has 0 aromatic heterocycles. The minimum absolute atomic E-state index is 0.204. The summed E-state index contributed by atoms with van der Waals surface area (Å²) in [5.74, 6) is 4.39. The van der Waals surface area contributed by atoms with E-state index >= 15 is 0 Å². The van der Waals surface area contributed by atoms with Gasteiger partial charge in [-0.3, -0.25) is 9.89 Å². The van der Waals surface area contributed by atoms with Gasteiger partial charge in [0.15, 0.2) is 5.96 Å². The molecule has 2 fully saturated rings. The Morgan fingerprint density at radius 2 is 2.07 bits per heavy atom. The second kappa shape index (κ2) is 11.2. The molecule has 3 rings (SSSR count). The Bertz CT molecular complexity index is 573. The van der Waals surface area contributed by atoms with E-state index in [2.05, 4.69) is 64.6 Å². The topological polar surface area (TPSA) is 48.9 Å². The third-order valence-corrected chi connectivity index (χ3v) is 7.29. The van der Waals surface area contributed by atoms with Gasteiger partial charge in [-0.1, -0.05) is 18.2 Å². The second-order valence-electron chi connectivity index (χ2n) is 6.91. The molecule has 5 nitrogen and oxygen atoms in total. The molecule has 27 heavy (non-hydrogen) atoms. The first-order valence-corrected chi connectivity index (χ1v) is 12.1. The first kappa shape index (κ1) is 20.8. The summed E-state index contributed by atoms with van der Waals surface area (Å²) in [7, 11) is 0. The van der Waals surface area contributed by atoms with Gasteiger partial charge < -0.3 is 15.4 Å². The van der Waals surface area contributed by atoms with E-state index in [1.165, 1.54) is 22.8 Å². The van der Waals surface area contributed by atoms with Gasteiger partial charge in [-0.2, -0.15) is 11.8 Å². The predicted octanol–water partition coefficient (Wildman–Crippen LogP) is 2.54. The molecule has 0 bridgehead atoms. The van der Waals surface area contributed by atoms with E-state index in [-0.39, 0.29) is 5.54 Å². The minimum atomic E-state index is 0.204. The number of thioether (sulfide) groups is 2. The average Bonchev–Trinajstić information content (AvgIpc) is 3.21. The Morgan fingerprint density at radius 1 is 1.26 bits per heavy atom. The molecule has 2 saturated heterocycles. The third-order valence-electron chi connectivity index (χ3n) is 5.05. The Hall–Kier alpha value is -0.890. The third kappa shape index (κ3) is 6.31. The summed E-state index contributed by atoms with van der Waals surface area (Å²) in [6.07, 6.45) is 1.23. The number of nitrogens with one attached hydrogen (secondary N) is 2. The van der Waals surface area contributed by atoms with Crippen LogP contribution < -0.4 is 10.6 Å². The van der Waals surface area contributed by atoms with Gasteiger partial charge >= 0.3 is 0 Å². The number of ether oxygens (including phenoxy) is 1. The lowest BCUT2D eigenvalue weighted by atomic mass is 9.96. The molecule has 1 unspecified atom stereocenters. The zero-order chi connectivity index (χ0) is 18.8. The smallest absolute Gasteiger partial charge is 0.191 e. The SMILES string of the molecule is CCNC(=NCC1(N2CCOCC2)CCSC1)NCCSc1ccccc1. The number of morpholine rings is 1. The van der Waals surface area contributed by atoms with E-state index < -0.39 is 0 Å². The molecule has 7 heteroatoms. The molecule has 0 amide bonds. The van der Waals surface area contributed by atoms with Crippen LogP contribution in [0.2, 0.25) is 0 Å². The van der Waals surface area contributed by atoms with Crippen molar-refractivity contribution in [2.75, 3.05) is 63.2 Å². The quantitative estimate of drug-likeness (QED) is 0.298. The summed E-state index contributed by atoms with van der Waals surface area (Å²) in [6.45, 7) is 8.56. The van der Waals surface area contributed by atoms with Gasteiger partial charge in [0.25, 0.3) is 0 Å². The fourth-order valence-corrected chi connectivity index (χ4v) is 5.79. The zero-order valence-electron chi connectivity index (χ0n) is 16.3. The maximum atomic E-state index is 5.56. The highest BCUT2D eigenvalue weighted by atomic mass is 32.2.